The molecule has 4 rings (SSSR count). The van der Waals surface area contributed by atoms with Crippen LogP contribution in [0.25, 0.3) is 0 Å². The summed E-state index contributed by atoms with van der Waals surface area (Å²) in [6.45, 7) is 3.12. The topological polar surface area (TPSA) is 81.8 Å². The number of benzene rings is 1. The Kier molecular flexibility index (Phi) is 4.19. The minimum Gasteiger partial charge on any atom is -0.353 e. The van der Waals surface area contributed by atoms with E-state index >= 15 is 0 Å². The molecule has 0 radical (unpaired) electrons. The highest BCUT2D eigenvalue weighted by Crippen LogP contribution is 2.45. The largest absolute Gasteiger partial charge is 0.353 e. The lowest BCUT2D eigenvalue weighted by molar-refractivity contribution is -0.132. The Hall–Kier alpha value is -2.41. The number of carbonyl (C=O) groups excluding carboxylic acids is 3. The summed E-state index contributed by atoms with van der Waals surface area (Å²) in [7, 11) is 0. The first kappa shape index (κ1) is 17.0. The van der Waals surface area contributed by atoms with E-state index in [2.05, 4.69) is 10.6 Å². The number of piperazine rings is 1. The number of nitrogens with zero attached hydrogens (tertiary/aromatic N) is 2. The predicted molar refractivity (Wildman–Crippen MR) is 97.8 cm³/mol. The Balaban J connectivity index is 1.68. The van der Waals surface area contributed by atoms with Crippen LogP contribution in [-0.2, 0) is 14.4 Å². The molecule has 1 spiro atoms. The Bertz CT molecular complexity index is 757. The van der Waals surface area contributed by atoms with E-state index in [4.69, 9.17) is 0 Å². The van der Waals surface area contributed by atoms with Gasteiger partial charge in [-0.15, -0.1) is 0 Å². The summed E-state index contributed by atoms with van der Waals surface area (Å²) < 4.78 is 0. The van der Waals surface area contributed by atoms with Crippen LogP contribution in [0.2, 0.25) is 0 Å². The molecule has 1 atom stereocenters. The lowest BCUT2D eigenvalue weighted by Gasteiger charge is -2.45. The van der Waals surface area contributed by atoms with Crippen LogP contribution in [0.1, 0.15) is 32.6 Å². The van der Waals surface area contributed by atoms with Gasteiger partial charge in [0.25, 0.3) is 5.91 Å². The van der Waals surface area contributed by atoms with Crippen LogP contribution in [0, 0.1) is 0 Å². The Labute approximate surface area is 152 Å². The molecule has 1 saturated carbocycles. The number of hydrogen-bond donors (Lipinski definition) is 2. The van der Waals surface area contributed by atoms with Crippen molar-refractivity contribution >= 4 is 29.1 Å². The zero-order chi connectivity index (χ0) is 18.3. The van der Waals surface area contributed by atoms with E-state index in [1.54, 1.807) is 4.90 Å². The fourth-order valence-electron chi connectivity index (χ4n) is 4.42. The first-order valence-corrected chi connectivity index (χ1v) is 9.28. The van der Waals surface area contributed by atoms with Gasteiger partial charge in [-0.1, -0.05) is 25.0 Å². The number of anilines is 2. The van der Waals surface area contributed by atoms with Crippen LogP contribution in [0.5, 0.6) is 0 Å². The maximum absolute atomic E-state index is 13.4. The van der Waals surface area contributed by atoms with Crippen molar-refractivity contribution < 1.29 is 14.4 Å². The van der Waals surface area contributed by atoms with Crippen LogP contribution >= 0.6 is 0 Å². The summed E-state index contributed by atoms with van der Waals surface area (Å²) in [4.78, 5) is 41.8. The maximum Gasteiger partial charge on any atom is 0.250 e. The minimum atomic E-state index is -0.799. The molecule has 1 saturated heterocycles. The van der Waals surface area contributed by atoms with Crippen LogP contribution in [0.3, 0.4) is 0 Å². The molecule has 3 aliphatic rings. The van der Waals surface area contributed by atoms with Crippen molar-refractivity contribution in [2.24, 2.45) is 0 Å². The lowest BCUT2D eigenvalue weighted by atomic mass is 9.89. The second kappa shape index (κ2) is 6.39. The van der Waals surface area contributed by atoms with Crippen molar-refractivity contribution in [2.75, 3.05) is 29.9 Å². The number of fused-ring (bicyclic) bond motifs is 1. The molecule has 0 aromatic heterocycles. The number of carbonyl (C=O) groups is 3. The number of rotatable bonds is 2. The van der Waals surface area contributed by atoms with Crippen molar-refractivity contribution in [3.63, 3.8) is 0 Å². The molecule has 2 aliphatic heterocycles. The van der Waals surface area contributed by atoms with Gasteiger partial charge in [0.2, 0.25) is 11.8 Å². The number of amides is 3. The van der Waals surface area contributed by atoms with Crippen molar-refractivity contribution in [1.29, 1.82) is 0 Å². The second-order valence-corrected chi connectivity index (χ2v) is 7.38. The molecule has 3 amide bonds. The van der Waals surface area contributed by atoms with E-state index in [9.17, 15) is 14.4 Å². The van der Waals surface area contributed by atoms with Crippen LogP contribution in [-0.4, -0.2) is 53.8 Å². The number of nitrogens with one attached hydrogen (secondary N) is 2. The van der Waals surface area contributed by atoms with Gasteiger partial charge in [0.05, 0.1) is 24.0 Å². The molecular formula is C19H24N4O3. The van der Waals surface area contributed by atoms with Gasteiger partial charge in [-0.2, -0.15) is 0 Å². The van der Waals surface area contributed by atoms with Gasteiger partial charge in [0, 0.05) is 13.1 Å². The molecule has 2 N–H and O–H groups in total. The Morgan fingerprint density at radius 1 is 1.23 bits per heavy atom. The third kappa shape index (κ3) is 2.58. The molecule has 0 unspecified atom stereocenters. The average molecular weight is 356 g/mol. The van der Waals surface area contributed by atoms with Gasteiger partial charge in [-0.25, -0.2) is 0 Å². The summed E-state index contributed by atoms with van der Waals surface area (Å²) in [6.07, 6.45) is 3.22. The van der Waals surface area contributed by atoms with Crippen LogP contribution in [0.15, 0.2) is 24.3 Å². The molecular weight excluding hydrogens is 332 g/mol. The monoisotopic (exact) mass is 356 g/mol. The van der Waals surface area contributed by atoms with Crippen LogP contribution < -0.4 is 15.5 Å². The minimum absolute atomic E-state index is 0.0589. The number of hydrogen-bond acceptors (Lipinski definition) is 4. The molecule has 1 aromatic rings. The van der Waals surface area contributed by atoms with Gasteiger partial charge < -0.3 is 10.6 Å². The van der Waals surface area contributed by atoms with Gasteiger partial charge in [-0.3, -0.25) is 24.2 Å². The van der Waals surface area contributed by atoms with Crippen molar-refractivity contribution in [2.45, 2.75) is 44.2 Å². The normalized spacial score (nSPS) is 25.0. The molecule has 0 bridgehead atoms. The van der Waals surface area contributed by atoms with E-state index < -0.39 is 5.54 Å². The van der Waals surface area contributed by atoms with Gasteiger partial charge >= 0.3 is 0 Å². The quantitative estimate of drug-likeness (QED) is 0.832. The van der Waals surface area contributed by atoms with Gasteiger partial charge in [0.15, 0.2) is 0 Å². The summed E-state index contributed by atoms with van der Waals surface area (Å²) in [5.41, 5.74) is 0.633. The summed E-state index contributed by atoms with van der Waals surface area (Å²) >= 11 is 0. The van der Waals surface area contributed by atoms with Crippen molar-refractivity contribution in [3.05, 3.63) is 24.3 Å². The molecule has 1 aliphatic carbocycles. The molecule has 2 heterocycles. The van der Waals surface area contributed by atoms with E-state index in [-0.39, 0.29) is 30.3 Å². The first-order valence-electron chi connectivity index (χ1n) is 9.28. The third-order valence-electron chi connectivity index (χ3n) is 5.89. The van der Waals surface area contributed by atoms with E-state index in [0.717, 1.165) is 18.5 Å². The van der Waals surface area contributed by atoms with E-state index in [0.29, 0.717) is 31.6 Å². The summed E-state index contributed by atoms with van der Waals surface area (Å²) in [5, 5.41) is 5.80. The molecule has 7 heteroatoms. The van der Waals surface area contributed by atoms with Crippen molar-refractivity contribution in [1.82, 2.24) is 10.2 Å². The van der Waals surface area contributed by atoms with E-state index in [1.165, 1.54) is 0 Å². The fraction of sp³-hybridized carbons (Fsp3) is 0.526. The molecule has 2 fully saturated rings. The zero-order valence-corrected chi connectivity index (χ0v) is 15.0. The standard InChI is InChI=1S/C19H24N4O3/c1-13-17(25)20-10-11-22(13)12-16(24)23-15-7-3-2-6-14(15)21-18(26)19(23)8-4-5-9-19/h2-3,6-7,13H,4-5,8-12H2,1H3,(H,20,25)(H,21,26)/t13-/m1/s1. The summed E-state index contributed by atoms with van der Waals surface area (Å²) in [5.74, 6) is -0.265. The molecule has 26 heavy (non-hydrogen) atoms. The highest BCUT2D eigenvalue weighted by molar-refractivity contribution is 6.15. The van der Waals surface area contributed by atoms with Gasteiger partial charge in [0.1, 0.15) is 5.54 Å². The van der Waals surface area contributed by atoms with E-state index in [1.807, 2.05) is 36.1 Å². The zero-order valence-electron chi connectivity index (χ0n) is 15.0. The van der Waals surface area contributed by atoms with Gasteiger partial charge in [-0.05, 0) is 31.9 Å². The highest BCUT2D eigenvalue weighted by atomic mass is 16.2. The lowest BCUT2D eigenvalue weighted by Crippen LogP contribution is -2.63. The molecule has 138 valence electrons. The second-order valence-electron chi connectivity index (χ2n) is 7.38. The molecule has 1 aromatic carbocycles. The number of para-hydroxylation sites is 2. The average Bonchev–Trinajstić information content (AvgIpc) is 3.10. The smallest absolute Gasteiger partial charge is 0.250 e. The fourth-order valence-corrected chi connectivity index (χ4v) is 4.42. The maximum atomic E-state index is 13.4. The van der Waals surface area contributed by atoms with Crippen LogP contribution in [0.4, 0.5) is 11.4 Å². The third-order valence-corrected chi connectivity index (χ3v) is 5.89. The SMILES string of the molecule is C[C@@H]1C(=O)NCCN1CC(=O)N1c2ccccc2NC(=O)C12CCCC2. The first-order chi connectivity index (χ1) is 12.5. The Morgan fingerprint density at radius 3 is 2.73 bits per heavy atom. The highest BCUT2D eigenvalue weighted by Gasteiger charge is 2.52. The Morgan fingerprint density at radius 2 is 1.96 bits per heavy atom. The van der Waals surface area contributed by atoms with Crippen molar-refractivity contribution in [3.8, 4) is 0 Å². The molecule has 7 nitrogen and oxygen atoms in total. The summed E-state index contributed by atoms with van der Waals surface area (Å²) in [6, 6.07) is 7.11. The predicted octanol–water partition coefficient (Wildman–Crippen LogP) is 1.10.